The Labute approximate surface area is 249 Å². The van der Waals surface area contributed by atoms with Gasteiger partial charge in [-0.05, 0) is 45.2 Å². The van der Waals surface area contributed by atoms with Crippen molar-refractivity contribution in [2.24, 2.45) is 5.73 Å². The lowest BCUT2D eigenvalue weighted by Gasteiger charge is -2.34. The van der Waals surface area contributed by atoms with Crippen molar-refractivity contribution in [3.05, 3.63) is 65.2 Å². The first-order chi connectivity index (χ1) is 19.8. The van der Waals surface area contributed by atoms with Crippen LogP contribution in [0.5, 0.6) is 5.75 Å². The largest absolute Gasteiger partial charge is 0.507 e. The highest BCUT2D eigenvalue weighted by atomic mass is 16.6. The van der Waals surface area contributed by atoms with Crippen LogP contribution in [0.15, 0.2) is 48.5 Å². The number of benzene rings is 2. The van der Waals surface area contributed by atoms with Gasteiger partial charge in [-0.2, -0.15) is 0 Å². The number of nitrogens with zero attached hydrogens (tertiary/aromatic N) is 1. The molecular weight excluding hydrogens is 536 g/mol. The van der Waals surface area contributed by atoms with Crippen molar-refractivity contribution in [3.63, 3.8) is 0 Å². The molecule has 2 aromatic rings. The summed E-state index contributed by atoms with van der Waals surface area (Å²) in [5, 5.41) is 16.4. The van der Waals surface area contributed by atoms with Crippen LogP contribution in [0.25, 0.3) is 0 Å². The highest BCUT2D eigenvalue weighted by molar-refractivity contribution is 5.94. The number of rotatable bonds is 15. The van der Waals surface area contributed by atoms with Crippen LogP contribution >= 0.6 is 0 Å². The zero-order chi connectivity index (χ0) is 31.3. The van der Waals surface area contributed by atoms with Crippen LogP contribution in [0.3, 0.4) is 0 Å². The summed E-state index contributed by atoms with van der Waals surface area (Å²) in [4.78, 5) is 54.1. The summed E-state index contributed by atoms with van der Waals surface area (Å²) in [6.07, 6.45) is 2.98. The van der Waals surface area contributed by atoms with Gasteiger partial charge < -0.3 is 31.1 Å². The summed E-state index contributed by atoms with van der Waals surface area (Å²) in [5.74, 6) is -2.13. The molecule has 10 heteroatoms. The molecule has 42 heavy (non-hydrogen) atoms. The molecule has 0 saturated carbocycles. The van der Waals surface area contributed by atoms with Gasteiger partial charge in [0.2, 0.25) is 17.7 Å². The molecule has 10 nitrogen and oxygen atoms in total. The van der Waals surface area contributed by atoms with Crippen molar-refractivity contribution in [1.29, 1.82) is 0 Å². The van der Waals surface area contributed by atoms with E-state index in [9.17, 15) is 24.3 Å². The number of aryl methyl sites for hydroxylation is 1. The second kappa shape index (κ2) is 16.4. The Morgan fingerprint density at radius 2 is 1.64 bits per heavy atom. The number of carbonyl (C=O) groups is 4. The lowest BCUT2D eigenvalue weighted by molar-refractivity contribution is -0.143. The predicted octanol–water partition coefficient (Wildman–Crippen LogP) is 4.63. The van der Waals surface area contributed by atoms with Gasteiger partial charge in [0.1, 0.15) is 23.4 Å². The number of nitrogens with two attached hydrogens (primary N) is 1. The molecule has 0 aliphatic carbocycles. The maximum absolute atomic E-state index is 14.2. The minimum absolute atomic E-state index is 0.118. The first-order valence-electron chi connectivity index (χ1n) is 14.5. The highest BCUT2D eigenvalue weighted by Crippen LogP contribution is 2.33. The second-order valence-corrected chi connectivity index (χ2v) is 11.4. The number of hydrogen-bond donors (Lipinski definition) is 4. The molecule has 0 aliphatic rings. The fourth-order valence-corrected chi connectivity index (χ4v) is 4.54. The Balaban J connectivity index is 2.53. The Morgan fingerprint density at radius 1 is 0.976 bits per heavy atom. The van der Waals surface area contributed by atoms with Crippen LogP contribution in [-0.2, 0) is 25.7 Å². The Hall–Kier alpha value is -4.08. The van der Waals surface area contributed by atoms with E-state index in [-0.39, 0.29) is 24.4 Å². The molecule has 0 aromatic heterocycles. The molecule has 5 N–H and O–H groups in total. The van der Waals surface area contributed by atoms with Crippen LogP contribution < -0.4 is 16.4 Å². The van der Waals surface area contributed by atoms with Crippen molar-refractivity contribution in [2.45, 2.75) is 97.4 Å². The third-order valence-electron chi connectivity index (χ3n) is 6.61. The molecule has 0 spiro atoms. The minimum atomic E-state index is -1.38. The molecule has 0 heterocycles. The molecule has 2 rings (SSSR count). The first-order valence-corrected chi connectivity index (χ1v) is 14.5. The van der Waals surface area contributed by atoms with Gasteiger partial charge in [0, 0.05) is 18.7 Å². The van der Waals surface area contributed by atoms with Crippen molar-refractivity contribution in [3.8, 4) is 5.75 Å². The van der Waals surface area contributed by atoms with Gasteiger partial charge in [-0.3, -0.25) is 14.4 Å². The molecule has 0 saturated heterocycles. The summed E-state index contributed by atoms with van der Waals surface area (Å²) in [7, 11) is 0. The summed E-state index contributed by atoms with van der Waals surface area (Å²) in [6, 6.07) is 11.7. The van der Waals surface area contributed by atoms with Crippen LogP contribution in [0, 0.1) is 6.92 Å². The van der Waals surface area contributed by atoms with Gasteiger partial charge in [-0.25, -0.2) is 4.79 Å². The average molecular weight is 583 g/mol. The van der Waals surface area contributed by atoms with Crippen molar-refractivity contribution in [1.82, 2.24) is 15.5 Å². The number of carbonyl (C=O) groups excluding carboxylic acids is 4. The predicted molar refractivity (Wildman–Crippen MR) is 161 cm³/mol. The van der Waals surface area contributed by atoms with E-state index in [4.69, 9.17) is 10.5 Å². The van der Waals surface area contributed by atoms with E-state index >= 15 is 0 Å². The number of alkyl carbamates (subject to hydrolysis) is 1. The molecule has 230 valence electrons. The maximum Gasteiger partial charge on any atom is 0.408 e. The topological polar surface area (TPSA) is 151 Å². The number of hydrogen-bond acceptors (Lipinski definition) is 6. The van der Waals surface area contributed by atoms with Gasteiger partial charge >= 0.3 is 6.09 Å². The third kappa shape index (κ3) is 11.1. The van der Waals surface area contributed by atoms with Gasteiger partial charge in [0.05, 0.1) is 6.42 Å². The fraction of sp³-hybridized carbons (Fsp3) is 0.500. The van der Waals surface area contributed by atoms with Crippen molar-refractivity contribution >= 4 is 23.8 Å². The van der Waals surface area contributed by atoms with Crippen LogP contribution in [-0.4, -0.2) is 52.0 Å². The molecule has 0 aliphatic heterocycles. The highest BCUT2D eigenvalue weighted by Gasteiger charge is 2.38. The third-order valence-corrected chi connectivity index (χ3v) is 6.61. The van der Waals surface area contributed by atoms with Gasteiger partial charge in [-0.15, -0.1) is 0 Å². The normalized spacial score (nSPS) is 12.6. The first kappa shape index (κ1) is 34.1. The monoisotopic (exact) mass is 582 g/mol. The molecule has 0 bridgehead atoms. The second-order valence-electron chi connectivity index (χ2n) is 11.4. The molecular formula is C32H46N4O6. The number of unbranched alkanes of at least 4 members (excludes halogenated alkanes) is 4. The Kier molecular flexibility index (Phi) is 13.3. The van der Waals surface area contributed by atoms with E-state index in [0.29, 0.717) is 12.0 Å². The Morgan fingerprint density at radius 3 is 2.26 bits per heavy atom. The number of aromatic hydroxyl groups is 1. The van der Waals surface area contributed by atoms with E-state index in [1.54, 1.807) is 45.9 Å². The standard InChI is InChI=1S/C32H46N4O6/c1-6-7-8-9-13-19-36(30(40)25(20-26(33)37)35-31(41)42-32(3,4)5)27(24-18-14-15-22(2)28(24)38)29(39)34-21-23-16-11-10-12-17-23/h10-12,14-18,25,27,38H,6-9,13,19-21H2,1-5H3,(H2,33,37)(H,34,39)(H,35,41). The summed E-state index contributed by atoms with van der Waals surface area (Å²) >= 11 is 0. The van der Waals surface area contributed by atoms with Crippen molar-refractivity contribution < 1.29 is 29.0 Å². The molecule has 0 radical (unpaired) electrons. The van der Waals surface area contributed by atoms with E-state index in [1.807, 2.05) is 30.3 Å². The molecule has 0 fully saturated rings. The maximum atomic E-state index is 14.2. The SMILES string of the molecule is CCCCCCCN(C(=O)C(CC(N)=O)NC(=O)OC(C)(C)C)C(C(=O)NCc1ccccc1)c1cccc(C)c1O. The minimum Gasteiger partial charge on any atom is -0.507 e. The van der Waals surface area contributed by atoms with E-state index in [1.165, 1.54) is 4.90 Å². The number of ether oxygens (including phenoxy) is 1. The summed E-state index contributed by atoms with van der Waals surface area (Å²) in [5.41, 5.74) is 6.24. The molecule has 2 atom stereocenters. The molecule has 2 aromatic carbocycles. The number of nitrogens with one attached hydrogen (secondary N) is 2. The van der Waals surface area contributed by atoms with Crippen LogP contribution in [0.1, 0.15) is 89.0 Å². The average Bonchev–Trinajstić information content (AvgIpc) is 2.91. The van der Waals surface area contributed by atoms with Crippen molar-refractivity contribution in [2.75, 3.05) is 6.54 Å². The zero-order valence-electron chi connectivity index (χ0n) is 25.4. The van der Waals surface area contributed by atoms with E-state index in [2.05, 4.69) is 17.6 Å². The smallest absolute Gasteiger partial charge is 0.408 e. The van der Waals surface area contributed by atoms with E-state index < -0.39 is 47.9 Å². The summed E-state index contributed by atoms with van der Waals surface area (Å²) < 4.78 is 5.33. The number of amides is 4. The number of primary amides is 1. The van der Waals surface area contributed by atoms with Crippen LogP contribution in [0.4, 0.5) is 4.79 Å². The Bertz CT molecular complexity index is 1200. The lowest BCUT2D eigenvalue weighted by Crippen LogP contribution is -2.54. The number of phenolic OH excluding ortho intramolecular Hbond substituents is 1. The number of phenols is 1. The van der Waals surface area contributed by atoms with Gasteiger partial charge in [0.25, 0.3) is 0 Å². The van der Waals surface area contributed by atoms with E-state index in [0.717, 1.165) is 31.2 Å². The van der Waals surface area contributed by atoms with Gasteiger partial charge in [-0.1, -0.05) is 81.1 Å². The zero-order valence-corrected chi connectivity index (χ0v) is 25.4. The molecule has 4 amide bonds. The number of para-hydroxylation sites is 1. The molecule has 2 unspecified atom stereocenters. The lowest BCUT2D eigenvalue weighted by atomic mass is 9.98. The fourth-order valence-electron chi connectivity index (χ4n) is 4.54. The summed E-state index contributed by atoms with van der Waals surface area (Å²) in [6.45, 7) is 9.16. The van der Waals surface area contributed by atoms with Crippen LogP contribution in [0.2, 0.25) is 0 Å². The van der Waals surface area contributed by atoms with Gasteiger partial charge in [0.15, 0.2) is 0 Å². The quantitative estimate of drug-likeness (QED) is 0.225.